The van der Waals surface area contributed by atoms with E-state index in [1.54, 1.807) is 42.0 Å². The number of aromatic nitrogens is 2. The van der Waals surface area contributed by atoms with Crippen molar-refractivity contribution in [2.24, 2.45) is 0 Å². The van der Waals surface area contributed by atoms with Crippen molar-refractivity contribution in [2.45, 2.75) is 11.8 Å². The predicted molar refractivity (Wildman–Crippen MR) is 138 cm³/mol. The molecule has 2 heterocycles. The van der Waals surface area contributed by atoms with Crippen LogP contribution in [0.1, 0.15) is 5.56 Å². The summed E-state index contributed by atoms with van der Waals surface area (Å²) in [6, 6.07) is 21.5. The number of nitrogens with one attached hydrogen (secondary N) is 1. The van der Waals surface area contributed by atoms with Crippen molar-refractivity contribution < 1.29 is 13.5 Å². The van der Waals surface area contributed by atoms with E-state index in [2.05, 4.69) is 9.88 Å². The molecule has 0 bridgehead atoms. The number of methoxy groups -OCH3 is 1. The Morgan fingerprint density at radius 2 is 1.91 bits per heavy atom. The first-order chi connectivity index (χ1) is 16.9. The average molecular weight is 506 g/mol. The maximum Gasteiger partial charge on any atom is 0.255 e. The number of hydrogen-bond donors (Lipinski definition) is 1. The first kappa shape index (κ1) is 22.9. The van der Waals surface area contributed by atoms with Crippen LogP contribution in [0.15, 0.2) is 93.3 Å². The maximum atomic E-state index is 13.0. The minimum absolute atomic E-state index is 0.208. The lowest BCUT2D eigenvalue weighted by Gasteiger charge is -2.17. The van der Waals surface area contributed by atoms with Gasteiger partial charge in [-0.2, -0.15) is 0 Å². The van der Waals surface area contributed by atoms with Gasteiger partial charge in [0.1, 0.15) is 12.0 Å². The largest absolute Gasteiger partial charge is 0.495 e. The van der Waals surface area contributed by atoms with Gasteiger partial charge in [0.2, 0.25) is 0 Å². The van der Waals surface area contributed by atoms with Crippen LogP contribution in [0.3, 0.4) is 0 Å². The van der Waals surface area contributed by atoms with Crippen LogP contribution in [0.4, 0.5) is 5.82 Å². The van der Waals surface area contributed by atoms with Crippen molar-refractivity contribution in [3.63, 3.8) is 0 Å². The van der Waals surface area contributed by atoms with E-state index in [1.807, 2.05) is 43.3 Å². The number of hydrogen-bond acceptors (Lipinski definition) is 5. The smallest absolute Gasteiger partial charge is 0.255 e. The zero-order valence-corrected chi connectivity index (χ0v) is 20.4. The van der Waals surface area contributed by atoms with Gasteiger partial charge in [0.15, 0.2) is 16.8 Å². The van der Waals surface area contributed by atoms with Crippen molar-refractivity contribution >= 4 is 39.3 Å². The van der Waals surface area contributed by atoms with Crippen molar-refractivity contribution in [2.75, 3.05) is 11.8 Å². The third-order valence-corrected chi connectivity index (χ3v) is 6.93. The fourth-order valence-corrected chi connectivity index (χ4v) is 5.01. The molecule has 0 saturated heterocycles. The molecular weight excluding hydrogens is 486 g/mol. The van der Waals surface area contributed by atoms with Gasteiger partial charge in [0.05, 0.1) is 23.2 Å². The molecule has 0 fully saturated rings. The summed E-state index contributed by atoms with van der Waals surface area (Å²) < 4.78 is 27.6. The Labute approximate surface area is 208 Å². The molecule has 0 aliphatic rings. The van der Waals surface area contributed by atoms with Crippen LogP contribution in [0.25, 0.3) is 27.7 Å². The topological polar surface area (TPSA) is 86.4 Å². The highest BCUT2D eigenvalue weighted by Crippen LogP contribution is 2.34. The zero-order valence-electron chi connectivity index (χ0n) is 18.8. The quantitative estimate of drug-likeness (QED) is 0.317. The lowest BCUT2D eigenvalue weighted by molar-refractivity contribution is 0.413. The maximum absolute atomic E-state index is 13.0. The monoisotopic (exact) mass is 505 g/mol. The molecule has 2 aromatic heterocycles. The SMILES string of the molecule is COc1cc(-c2cccc(Cl)c2)c(C)cc1-n1c(=O)ccc2cc(S(=O)Nc3ccon3)ccc21. The van der Waals surface area contributed by atoms with E-state index in [1.165, 1.54) is 12.3 Å². The van der Waals surface area contributed by atoms with Gasteiger partial charge >= 0.3 is 0 Å². The number of fused-ring (bicyclic) bond motifs is 1. The highest BCUT2D eigenvalue weighted by atomic mass is 35.5. The molecule has 9 heteroatoms. The normalized spacial score (nSPS) is 12.0. The van der Waals surface area contributed by atoms with E-state index in [9.17, 15) is 9.00 Å². The van der Waals surface area contributed by atoms with E-state index in [0.29, 0.717) is 32.7 Å². The fraction of sp³-hybridized carbons (Fsp3) is 0.0769. The van der Waals surface area contributed by atoms with E-state index in [-0.39, 0.29) is 5.56 Å². The molecule has 35 heavy (non-hydrogen) atoms. The van der Waals surface area contributed by atoms with Gasteiger partial charge in [-0.3, -0.25) is 14.1 Å². The molecule has 1 atom stereocenters. The molecule has 0 spiro atoms. The van der Waals surface area contributed by atoms with Gasteiger partial charge in [0.25, 0.3) is 5.56 Å². The highest BCUT2D eigenvalue weighted by Gasteiger charge is 2.16. The van der Waals surface area contributed by atoms with Gasteiger partial charge in [0, 0.05) is 22.5 Å². The number of nitrogens with zero attached hydrogens (tertiary/aromatic N) is 2. The first-order valence-corrected chi connectivity index (χ1v) is 12.2. The lowest BCUT2D eigenvalue weighted by atomic mass is 9.99. The summed E-state index contributed by atoms with van der Waals surface area (Å²) in [7, 11) is 0.0158. The van der Waals surface area contributed by atoms with Gasteiger partial charge in [-0.1, -0.05) is 28.9 Å². The molecule has 1 N–H and O–H groups in total. The Balaban J connectivity index is 1.62. The Kier molecular flexibility index (Phi) is 6.15. The van der Waals surface area contributed by atoms with Crippen LogP contribution >= 0.6 is 11.6 Å². The number of rotatable bonds is 6. The molecule has 0 saturated carbocycles. The number of aryl methyl sites for hydroxylation is 1. The number of halogens is 1. The third kappa shape index (κ3) is 4.45. The van der Waals surface area contributed by atoms with E-state index < -0.39 is 11.0 Å². The molecular formula is C26H20ClN3O4S. The van der Waals surface area contributed by atoms with Crippen LogP contribution < -0.4 is 15.0 Å². The Hall–Kier alpha value is -3.88. The number of ether oxygens (including phenoxy) is 1. The molecule has 0 aliphatic heterocycles. The van der Waals surface area contributed by atoms with Crippen molar-refractivity contribution in [3.05, 3.63) is 100.0 Å². The summed E-state index contributed by atoms with van der Waals surface area (Å²) in [6.45, 7) is 1.98. The number of pyridine rings is 1. The van der Waals surface area contributed by atoms with Crippen LogP contribution in [0.5, 0.6) is 5.75 Å². The number of anilines is 1. The first-order valence-electron chi connectivity index (χ1n) is 10.6. The summed E-state index contributed by atoms with van der Waals surface area (Å²) >= 11 is 6.20. The molecule has 5 rings (SSSR count). The standard InChI is InChI=1S/C26H20ClN3O4S/c1-16-12-23(24(33-2)15-21(16)17-4-3-5-19(27)13-17)30-22-8-7-20(14-18(22)6-9-26(30)31)35(32)29-25-10-11-34-28-25/h3-15H,1-2H3,(H,28,29). The van der Waals surface area contributed by atoms with Crippen LogP contribution in [-0.4, -0.2) is 21.0 Å². The Morgan fingerprint density at radius 3 is 2.66 bits per heavy atom. The Morgan fingerprint density at radius 1 is 1.06 bits per heavy atom. The molecule has 0 amide bonds. The van der Waals surface area contributed by atoms with Crippen LogP contribution in [-0.2, 0) is 11.0 Å². The molecule has 5 aromatic rings. The fourth-order valence-electron chi connectivity index (χ4n) is 3.99. The van der Waals surface area contributed by atoms with Crippen molar-refractivity contribution in [1.29, 1.82) is 0 Å². The summed E-state index contributed by atoms with van der Waals surface area (Å²) in [5, 5.41) is 5.11. The number of benzene rings is 3. The average Bonchev–Trinajstić information content (AvgIpc) is 3.36. The van der Waals surface area contributed by atoms with Crippen molar-refractivity contribution in [1.82, 2.24) is 9.72 Å². The molecule has 7 nitrogen and oxygen atoms in total. The summed E-state index contributed by atoms with van der Waals surface area (Å²) in [5.74, 6) is 0.911. The molecule has 176 valence electrons. The summed E-state index contributed by atoms with van der Waals surface area (Å²) in [6.07, 6.45) is 1.39. The van der Waals surface area contributed by atoms with Gasteiger partial charge < -0.3 is 9.26 Å². The second-order valence-electron chi connectivity index (χ2n) is 7.83. The summed E-state index contributed by atoms with van der Waals surface area (Å²) in [4.78, 5) is 13.6. The van der Waals surface area contributed by atoms with Gasteiger partial charge in [-0.25, -0.2) is 4.21 Å². The van der Waals surface area contributed by atoms with Gasteiger partial charge in [-0.15, -0.1) is 0 Å². The Bertz CT molecular complexity index is 1630. The van der Waals surface area contributed by atoms with Crippen LogP contribution in [0, 0.1) is 6.92 Å². The minimum atomic E-state index is -1.56. The van der Waals surface area contributed by atoms with Gasteiger partial charge in [-0.05, 0) is 72.1 Å². The molecule has 1 unspecified atom stereocenters. The minimum Gasteiger partial charge on any atom is -0.495 e. The molecule has 3 aromatic carbocycles. The lowest BCUT2D eigenvalue weighted by Crippen LogP contribution is -2.18. The van der Waals surface area contributed by atoms with Crippen LogP contribution in [0.2, 0.25) is 5.02 Å². The van der Waals surface area contributed by atoms with E-state index in [0.717, 1.165) is 22.1 Å². The highest BCUT2D eigenvalue weighted by molar-refractivity contribution is 7.86. The third-order valence-electron chi connectivity index (χ3n) is 5.62. The second-order valence-corrected chi connectivity index (χ2v) is 9.48. The van der Waals surface area contributed by atoms with Crippen molar-refractivity contribution in [3.8, 4) is 22.6 Å². The summed E-state index contributed by atoms with van der Waals surface area (Å²) in [5.41, 5.74) is 3.94. The van der Waals surface area contributed by atoms with E-state index >= 15 is 0 Å². The second kappa shape index (κ2) is 9.40. The zero-order chi connectivity index (χ0) is 24.5. The molecule has 0 aliphatic carbocycles. The van der Waals surface area contributed by atoms with E-state index in [4.69, 9.17) is 20.9 Å². The molecule has 0 radical (unpaired) electrons. The predicted octanol–water partition coefficient (Wildman–Crippen LogP) is 5.75.